The Balaban J connectivity index is 2.01. The molecular weight excluding hydrogens is 241 g/mol. The Hall–Kier alpha value is -2.28. The summed E-state index contributed by atoms with van der Waals surface area (Å²) in [5, 5.41) is 17.2. The SMILES string of the molecule is O=[N+]([O-])c1cccc(CNCc2ccon2)c1F. The van der Waals surface area contributed by atoms with Gasteiger partial charge in [0.05, 0.1) is 10.6 Å². The first-order valence-electron chi connectivity index (χ1n) is 5.20. The monoisotopic (exact) mass is 251 g/mol. The minimum atomic E-state index is -0.810. The molecule has 0 spiro atoms. The second-order valence-corrected chi connectivity index (χ2v) is 3.60. The highest BCUT2D eigenvalue weighted by Crippen LogP contribution is 2.19. The third-order valence-corrected chi connectivity index (χ3v) is 2.37. The summed E-state index contributed by atoms with van der Waals surface area (Å²) in [7, 11) is 0. The molecule has 2 aromatic rings. The van der Waals surface area contributed by atoms with E-state index >= 15 is 0 Å². The highest BCUT2D eigenvalue weighted by Gasteiger charge is 2.16. The normalized spacial score (nSPS) is 10.5. The van der Waals surface area contributed by atoms with E-state index in [4.69, 9.17) is 0 Å². The lowest BCUT2D eigenvalue weighted by Crippen LogP contribution is -2.14. The number of halogens is 1. The summed E-state index contributed by atoms with van der Waals surface area (Å²) in [4.78, 5) is 9.82. The second-order valence-electron chi connectivity index (χ2n) is 3.60. The average molecular weight is 251 g/mol. The maximum absolute atomic E-state index is 13.7. The van der Waals surface area contributed by atoms with E-state index in [0.717, 1.165) is 6.07 Å². The van der Waals surface area contributed by atoms with Crippen molar-refractivity contribution in [1.29, 1.82) is 0 Å². The van der Waals surface area contributed by atoms with Crippen molar-refractivity contribution in [2.45, 2.75) is 13.1 Å². The highest BCUT2D eigenvalue weighted by atomic mass is 19.1. The van der Waals surface area contributed by atoms with Crippen LogP contribution in [0.15, 0.2) is 35.1 Å². The number of nitro groups is 1. The summed E-state index contributed by atoms with van der Waals surface area (Å²) < 4.78 is 18.3. The van der Waals surface area contributed by atoms with Crippen LogP contribution in [0.5, 0.6) is 0 Å². The summed E-state index contributed by atoms with van der Waals surface area (Å²) in [5.41, 5.74) is 0.407. The lowest BCUT2D eigenvalue weighted by Gasteiger charge is -2.04. The molecule has 0 bridgehead atoms. The van der Waals surface area contributed by atoms with Crippen LogP contribution >= 0.6 is 0 Å². The van der Waals surface area contributed by atoms with Crippen molar-refractivity contribution in [1.82, 2.24) is 10.5 Å². The third-order valence-electron chi connectivity index (χ3n) is 2.37. The van der Waals surface area contributed by atoms with Gasteiger partial charge in [0.25, 0.3) is 0 Å². The van der Waals surface area contributed by atoms with Crippen LogP contribution in [0, 0.1) is 15.9 Å². The first kappa shape index (κ1) is 12.2. The Morgan fingerprint density at radius 3 is 2.89 bits per heavy atom. The molecule has 0 amide bonds. The number of nitro benzene ring substituents is 1. The molecule has 0 saturated heterocycles. The van der Waals surface area contributed by atoms with E-state index in [0.29, 0.717) is 12.2 Å². The third kappa shape index (κ3) is 2.69. The average Bonchev–Trinajstić information content (AvgIpc) is 2.84. The predicted octanol–water partition coefficient (Wildman–Crippen LogP) is 2.01. The van der Waals surface area contributed by atoms with Crippen LogP contribution in [-0.2, 0) is 13.1 Å². The molecule has 18 heavy (non-hydrogen) atoms. The van der Waals surface area contributed by atoms with Gasteiger partial charge in [0.2, 0.25) is 5.82 Å². The van der Waals surface area contributed by atoms with E-state index in [9.17, 15) is 14.5 Å². The van der Waals surface area contributed by atoms with Gasteiger partial charge in [0, 0.05) is 30.8 Å². The molecule has 7 heteroatoms. The largest absolute Gasteiger partial charge is 0.364 e. The summed E-state index contributed by atoms with van der Waals surface area (Å²) in [6, 6.07) is 5.76. The van der Waals surface area contributed by atoms with Gasteiger partial charge >= 0.3 is 5.69 Å². The summed E-state index contributed by atoms with van der Waals surface area (Å²) in [5.74, 6) is -0.810. The number of nitrogens with one attached hydrogen (secondary N) is 1. The number of aromatic nitrogens is 1. The van der Waals surface area contributed by atoms with E-state index in [1.165, 1.54) is 18.4 Å². The molecule has 6 nitrogen and oxygen atoms in total. The van der Waals surface area contributed by atoms with Crippen LogP contribution in [0.1, 0.15) is 11.3 Å². The van der Waals surface area contributed by atoms with Gasteiger partial charge in [0.1, 0.15) is 6.26 Å². The summed E-state index contributed by atoms with van der Waals surface area (Å²) in [6.45, 7) is 0.582. The second kappa shape index (κ2) is 5.37. The van der Waals surface area contributed by atoms with E-state index in [-0.39, 0.29) is 12.1 Å². The fourth-order valence-electron chi connectivity index (χ4n) is 1.50. The molecule has 94 valence electrons. The fourth-order valence-corrected chi connectivity index (χ4v) is 1.50. The molecule has 0 aliphatic rings. The van der Waals surface area contributed by atoms with Crippen LogP contribution in [0.3, 0.4) is 0 Å². The highest BCUT2D eigenvalue weighted by molar-refractivity contribution is 5.36. The molecule has 0 atom stereocenters. The number of hydrogen-bond donors (Lipinski definition) is 1. The van der Waals surface area contributed by atoms with Gasteiger partial charge in [-0.3, -0.25) is 10.1 Å². The molecule has 1 N–H and O–H groups in total. The van der Waals surface area contributed by atoms with E-state index in [2.05, 4.69) is 15.0 Å². The minimum absolute atomic E-state index is 0.181. The van der Waals surface area contributed by atoms with Crippen molar-refractivity contribution in [2.24, 2.45) is 0 Å². The molecule has 0 radical (unpaired) electrons. The molecule has 0 aliphatic carbocycles. The Kier molecular flexibility index (Phi) is 3.63. The predicted molar refractivity (Wildman–Crippen MR) is 60.1 cm³/mol. The quantitative estimate of drug-likeness (QED) is 0.649. The minimum Gasteiger partial charge on any atom is -0.364 e. The smallest absolute Gasteiger partial charge is 0.305 e. The van der Waals surface area contributed by atoms with Gasteiger partial charge in [0.15, 0.2) is 0 Å². The van der Waals surface area contributed by atoms with Crippen LogP contribution in [0.4, 0.5) is 10.1 Å². The zero-order chi connectivity index (χ0) is 13.0. The Labute approximate surface area is 102 Å². The van der Waals surface area contributed by atoms with Crippen LogP contribution in [0.25, 0.3) is 0 Å². The van der Waals surface area contributed by atoms with Gasteiger partial charge in [-0.15, -0.1) is 0 Å². The van der Waals surface area contributed by atoms with Crippen molar-refractivity contribution in [3.05, 3.63) is 57.7 Å². The lowest BCUT2D eigenvalue weighted by atomic mass is 10.2. The molecule has 0 aliphatic heterocycles. The molecule has 1 heterocycles. The topological polar surface area (TPSA) is 81.2 Å². The summed E-state index contributed by atoms with van der Waals surface area (Å²) >= 11 is 0. The van der Waals surface area contributed by atoms with E-state index in [1.54, 1.807) is 6.07 Å². The molecule has 0 unspecified atom stereocenters. The molecule has 0 saturated carbocycles. The molecule has 1 aromatic heterocycles. The van der Waals surface area contributed by atoms with E-state index in [1.807, 2.05) is 0 Å². The van der Waals surface area contributed by atoms with Crippen molar-refractivity contribution in [2.75, 3.05) is 0 Å². The number of rotatable bonds is 5. The fraction of sp³-hybridized carbons (Fsp3) is 0.182. The van der Waals surface area contributed by atoms with E-state index < -0.39 is 16.4 Å². The van der Waals surface area contributed by atoms with Crippen molar-refractivity contribution >= 4 is 5.69 Å². The maximum Gasteiger partial charge on any atom is 0.305 e. The van der Waals surface area contributed by atoms with Gasteiger partial charge in [-0.2, -0.15) is 4.39 Å². The molecule has 1 aromatic carbocycles. The Morgan fingerprint density at radius 1 is 1.39 bits per heavy atom. The number of hydrogen-bond acceptors (Lipinski definition) is 5. The van der Waals surface area contributed by atoms with Crippen molar-refractivity contribution < 1.29 is 13.8 Å². The zero-order valence-corrected chi connectivity index (χ0v) is 9.30. The van der Waals surface area contributed by atoms with Crippen LogP contribution in [0.2, 0.25) is 0 Å². The van der Waals surface area contributed by atoms with Crippen molar-refractivity contribution in [3.63, 3.8) is 0 Å². The first-order valence-corrected chi connectivity index (χ1v) is 5.20. The standard InChI is InChI=1S/C11H10FN3O3/c12-11-8(2-1-3-10(11)15(16)17)6-13-7-9-4-5-18-14-9/h1-5,13H,6-7H2. The number of benzene rings is 1. The molecular formula is C11H10FN3O3. The van der Waals surface area contributed by atoms with Gasteiger partial charge < -0.3 is 9.84 Å². The van der Waals surface area contributed by atoms with Crippen molar-refractivity contribution in [3.8, 4) is 0 Å². The van der Waals surface area contributed by atoms with Crippen LogP contribution in [-0.4, -0.2) is 10.1 Å². The Bertz CT molecular complexity index is 542. The molecule has 0 fully saturated rings. The van der Waals surface area contributed by atoms with Gasteiger partial charge in [-0.25, -0.2) is 0 Å². The zero-order valence-electron chi connectivity index (χ0n) is 9.30. The first-order chi connectivity index (χ1) is 8.68. The lowest BCUT2D eigenvalue weighted by molar-refractivity contribution is -0.387. The van der Waals surface area contributed by atoms with Gasteiger partial charge in [-0.05, 0) is 0 Å². The van der Waals surface area contributed by atoms with Gasteiger partial charge in [-0.1, -0.05) is 17.3 Å². The summed E-state index contributed by atoms with van der Waals surface area (Å²) in [6.07, 6.45) is 1.44. The maximum atomic E-state index is 13.7. The number of nitrogens with zero attached hydrogens (tertiary/aromatic N) is 2. The Morgan fingerprint density at radius 2 is 2.22 bits per heavy atom. The van der Waals surface area contributed by atoms with Crippen LogP contribution < -0.4 is 5.32 Å². The molecule has 2 rings (SSSR count).